The largest absolute Gasteiger partial charge is 0.467 e. The molecule has 0 saturated heterocycles. The van der Waals surface area contributed by atoms with Gasteiger partial charge in [-0.15, -0.1) is 0 Å². The molecule has 2 aromatic heterocycles. The lowest BCUT2D eigenvalue weighted by Gasteiger charge is -2.10. The Hall–Kier alpha value is -3.46. The number of rotatable bonds is 3. The summed E-state index contributed by atoms with van der Waals surface area (Å²) in [5.74, 6) is 0.183. The molecule has 2 heterocycles. The number of ether oxygens (including phenoxy) is 1. The predicted octanol–water partition coefficient (Wildman–Crippen LogP) is 2.98. The number of nitrogens with two attached hydrogens (primary N) is 1. The first kappa shape index (κ1) is 15.4. The number of hydrogen-bond acceptors (Lipinski definition) is 6. The van der Waals surface area contributed by atoms with Crippen molar-refractivity contribution in [3.63, 3.8) is 0 Å². The summed E-state index contributed by atoms with van der Waals surface area (Å²) in [6.45, 7) is 2.01. The van der Waals surface area contributed by atoms with Gasteiger partial charge in [-0.2, -0.15) is 5.26 Å². The number of nitrogen functional groups attached to an aromatic ring is 1. The molecule has 0 bridgehead atoms. The Kier molecular flexibility index (Phi) is 4.08. The molecule has 6 nitrogen and oxygen atoms in total. The molecule has 0 aliphatic carbocycles. The van der Waals surface area contributed by atoms with Gasteiger partial charge < -0.3 is 10.5 Å². The SMILES string of the molecule is COc1ncc(-c2cc(-c3cccc(C)c3)nc(N)c2C#N)cn1. The van der Waals surface area contributed by atoms with Crippen LogP contribution in [0.25, 0.3) is 22.4 Å². The maximum atomic E-state index is 9.43. The van der Waals surface area contributed by atoms with Crippen molar-refractivity contribution in [3.8, 4) is 34.5 Å². The third kappa shape index (κ3) is 2.88. The van der Waals surface area contributed by atoms with Crippen molar-refractivity contribution >= 4 is 5.82 Å². The number of nitrogens with zero attached hydrogens (tertiary/aromatic N) is 4. The number of pyridine rings is 1. The minimum atomic E-state index is 0.183. The highest BCUT2D eigenvalue weighted by Gasteiger charge is 2.14. The fraction of sp³-hybridized carbons (Fsp3) is 0.111. The summed E-state index contributed by atoms with van der Waals surface area (Å²) in [5, 5.41) is 9.43. The van der Waals surface area contributed by atoms with E-state index >= 15 is 0 Å². The smallest absolute Gasteiger partial charge is 0.316 e. The fourth-order valence-corrected chi connectivity index (χ4v) is 2.42. The lowest BCUT2D eigenvalue weighted by molar-refractivity contribution is 0.380. The van der Waals surface area contributed by atoms with Crippen molar-refractivity contribution in [2.24, 2.45) is 0 Å². The van der Waals surface area contributed by atoms with E-state index in [-0.39, 0.29) is 11.8 Å². The van der Waals surface area contributed by atoms with Crippen LogP contribution in [0, 0.1) is 18.3 Å². The molecule has 6 heteroatoms. The molecule has 3 aromatic rings. The van der Waals surface area contributed by atoms with Gasteiger partial charge in [0.05, 0.1) is 12.8 Å². The summed E-state index contributed by atoms with van der Waals surface area (Å²) in [7, 11) is 1.50. The van der Waals surface area contributed by atoms with Crippen molar-refractivity contribution in [2.75, 3.05) is 12.8 Å². The van der Waals surface area contributed by atoms with E-state index in [1.54, 1.807) is 12.4 Å². The Morgan fingerprint density at radius 3 is 2.50 bits per heavy atom. The van der Waals surface area contributed by atoms with Crippen molar-refractivity contribution in [2.45, 2.75) is 6.92 Å². The first-order chi connectivity index (χ1) is 11.6. The van der Waals surface area contributed by atoms with E-state index in [9.17, 15) is 5.26 Å². The number of aryl methyl sites for hydroxylation is 1. The third-order valence-electron chi connectivity index (χ3n) is 3.59. The Morgan fingerprint density at radius 2 is 1.88 bits per heavy atom. The maximum absolute atomic E-state index is 9.43. The second kappa shape index (κ2) is 6.34. The van der Waals surface area contributed by atoms with Crippen molar-refractivity contribution in [1.82, 2.24) is 15.0 Å². The molecule has 0 amide bonds. The number of benzene rings is 1. The molecule has 0 aliphatic heterocycles. The van der Waals surface area contributed by atoms with Gasteiger partial charge in [0.1, 0.15) is 17.5 Å². The maximum Gasteiger partial charge on any atom is 0.316 e. The molecule has 0 spiro atoms. The van der Waals surface area contributed by atoms with Crippen LogP contribution < -0.4 is 10.5 Å². The zero-order valence-corrected chi connectivity index (χ0v) is 13.3. The van der Waals surface area contributed by atoms with Gasteiger partial charge in [-0.05, 0) is 19.1 Å². The predicted molar refractivity (Wildman–Crippen MR) is 91.1 cm³/mol. The highest BCUT2D eigenvalue weighted by Crippen LogP contribution is 2.31. The third-order valence-corrected chi connectivity index (χ3v) is 3.59. The lowest BCUT2D eigenvalue weighted by atomic mass is 10.00. The first-order valence-electron chi connectivity index (χ1n) is 7.26. The highest BCUT2D eigenvalue weighted by molar-refractivity contribution is 5.79. The second-order valence-electron chi connectivity index (χ2n) is 5.26. The minimum absolute atomic E-state index is 0.183. The quantitative estimate of drug-likeness (QED) is 0.797. The number of aromatic nitrogens is 3. The molecular formula is C18H15N5O. The molecule has 0 atom stereocenters. The number of methoxy groups -OCH3 is 1. The summed E-state index contributed by atoms with van der Waals surface area (Å²) < 4.78 is 4.97. The first-order valence-corrected chi connectivity index (χ1v) is 7.26. The van der Waals surface area contributed by atoms with Crippen LogP contribution in [0.15, 0.2) is 42.7 Å². The Morgan fingerprint density at radius 1 is 1.12 bits per heavy atom. The second-order valence-corrected chi connectivity index (χ2v) is 5.26. The van der Waals surface area contributed by atoms with Crippen molar-refractivity contribution in [1.29, 1.82) is 5.26 Å². The van der Waals surface area contributed by atoms with E-state index in [0.29, 0.717) is 22.4 Å². The zero-order valence-electron chi connectivity index (χ0n) is 13.3. The van der Waals surface area contributed by atoms with Gasteiger partial charge in [-0.3, -0.25) is 0 Å². The van der Waals surface area contributed by atoms with Crippen molar-refractivity contribution in [3.05, 3.63) is 53.9 Å². The molecule has 0 radical (unpaired) electrons. The van der Waals surface area contributed by atoms with Crippen LogP contribution in [0.5, 0.6) is 6.01 Å². The van der Waals surface area contributed by atoms with Gasteiger partial charge in [-0.25, -0.2) is 15.0 Å². The normalized spacial score (nSPS) is 10.2. The van der Waals surface area contributed by atoms with Crippen LogP contribution in [0.2, 0.25) is 0 Å². The summed E-state index contributed by atoms with van der Waals surface area (Å²) >= 11 is 0. The Labute approximate surface area is 139 Å². The summed E-state index contributed by atoms with van der Waals surface area (Å²) in [6, 6.07) is 12.1. The van der Waals surface area contributed by atoms with Gasteiger partial charge in [0, 0.05) is 29.1 Å². The molecule has 0 unspecified atom stereocenters. The lowest BCUT2D eigenvalue weighted by Crippen LogP contribution is -2.00. The minimum Gasteiger partial charge on any atom is -0.467 e. The summed E-state index contributed by atoms with van der Waals surface area (Å²) in [6.07, 6.45) is 3.20. The Balaban J connectivity index is 2.18. The van der Waals surface area contributed by atoms with Crippen LogP contribution in [0.4, 0.5) is 5.82 Å². The molecule has 0 fully saturated rings. The highest BCUT2D eigenvalue weighted by atomic mass is 16.5. The average Bonchev–Trinajstić information content (AvgIpc) is 2.61. The number of anilines is 1. The van der Waals surface area contributed by atoms with Gasteiger partial charge in [-0.1, -0.05) is 23.8 Å². The van der Waals surface area contributed by atoms with E-state index < -0.39 is 0 Å². The molecule has 118 valence electrons. The standard InChI is InChI=1S/C18H15N5O/c1-11-4-3-5-12(6-11)16-7-14(15(8-19)17(20)23-16)13-9-21-18(24-2)22-10-13/h3-7,9-10H,1-2H3,(H2,20,23). The topological polar surface area (TPSA) is 97.7 Å². The summed E-state index contributed by atoms with van der Waals surface area (Å²) in [4.78, 5) is 12.5. The van der Waals surface area contributed by atoms with Crippen LogP contribution in [-0.4, -0.2) is 22.1 Å². The molecule has 0 saturated carbocycles. The monoisotopic (exact) mass is 317 g/mol. The number of nitriles is 1. The molecule has 1 aromatic carbocycles. The van der Waals surface area contributed by atoms with Crippen LogP contribution >= 0.6 is 0 Å². The van der Waals surface area contributed by atoms with E-state index in [0.717, 1.165) is 11.1 Å². The number of hydrogen-bond donors (Lipinski definition) is 1. The molecule has 2 N–H and O–H groups in total. The summed E-state index contributed by atoms with van der Waals surface area (Å²) in [5.41, 5.74) is 10.4. The fourth-order valence-electron chi connectivity index (χ4n) is 2.42. The van der Waals surface area contributed by atoms with Gasteiger partial charge in [0.2, 0.25) is 0 Å². The zero-order chi connectivity index (χ0) is 17.1. The van der Waals surface area contributed by atoms with E-state index in [2.05, 4.69) is 21.0 Å². The van der Waals surface area contributed by atoms with E-state index in [4.69, 9.17) is 10.5 Å². The van der Waals surface area contributed by atoms with Gasteiger partial charge >= 0.3 is 6.01 Å². The van der Waals surface area contributed by atoms with E-state index in [1.165, 1.54) is 7.11 Å². The molecular weight excluding hydrogens is 302 g/mol. The molecule has 3 rings (SSSR count). The van der Waals surface area contributed by atoms with E-state index in [1.807, 2.05) is 37.3 Å². The van der Waals surface area contributed by atoms with Crippen LogP contribution in [0.3, 0.4) is 0 Å². The molecule has 0 aliphatic rings. The average molecular weight is 317 g/mol. The Bertz CT molecular complexity index is 929. The van der Waals surface area contributed by atoms with Crippen molar-refractivity contribution < 1.29 is 4.74 Å². The van der Waals surface area contributed by atoms with Gasteiger partial charge in [0.15, 0.2) is 0 Å². The van der Waals surface area contributed by atoms with Crippen LogP contribution in [0.1, 0.15) is 11.1 Å². The van der Waals surface area contributed by atoms with Gasteiger partial charge in [0.25, 0.3) is 0 Å². The molecule has 24 heavy (non-hydrogen) atoms. The van der Waals surface area contributed by atoms with Crippen LogP contribution in [-0.2, 0) is 0 Å².